The van der Waals surface area contributed by atoms with Gasteiger partial charge >= 0.3 is 0 Å². The van der Waals surface area contributed by atoms with E-state index < -0.39 is 0 Å². The number of amides is 1. The smallest absolute Gasteiger partial charge is 0.254 e. The Balaban J connectivity index is 2.14. The monoisotopic (exact) mass is 255 g/mol. The second kappa shape index (κ2) is 6.71. The highest BCUT2D eigenvalue weighted by molar-refractivity contribution is 5.94. The molecule has 98 valence electrons. The zero-order valence-corrected chi connectivity index (χ0v) is 10.7. The van der Waals surface area contributed by atoms with Crippen molar-refractivity contribution < 1.29 is 9.90 Å². The Kier molecular flexibility index (Phi) is 4.70. The van der Waals surface area contributed by atoms with Gasteiger partial charge in [0.25, 0.3) is 5.91 Å². The van der Waals surface area contributed by atoms with E-state index >= 15 is 0 Å². The van der Waals surface area contributed by atoms with Gasteiger partial charge in [0.1, 0.15) is 0 Å². The van der Waals surface area contributed by atoms with E-state index in [0.29, 0.717) is 18.7 Å². The van der Waals surface area contributed by atoms with Crippen LogP contribution in [0.2, 0.25) is 0 Å². The van der Waals surface area contributed by atoms with Crippen molar-refractivity contribution >= 4 is 5.91 Å². The van der Waals surface area contributed by atoms with Crippen molar-refractivity contribution in [2.24, 2.45) is 0 Å². The molecule has 1 amide bonds. The molecule has 3 nitrogen and oxygen atoms in total. The highest BCUT2D eigenvalue weighted by Crippen LogP contribution is 2.09. The van der Waals surface area contributed by atoms with Gasteiger partial charge in [0.15, 0.2) is 0 Å². The van der Waals surface area contributed by atoms with E-state index in [-0.39, 0.29) is 12.5 Å². The first-order chi connectivity index (χ1) is 9.31. The number of hydrogen-bond acceptors (Lipinski definition) is 2. The van der Waals surface area contributed by atoms with Crippen molar-refractivity contribution in [1.82, 2.24) is 4.90 Å². The van der Waals surface area contributed by atoms with Gasteiger partial charge in [-0.3, -0.25) is 4.79 Å². The molecule has 3 heteroatoms. The molecule has 19 heavy (non-hydrogen) atoms. The minimum Gasteiger partial charge on any atom is -0.395 e. The maximum atomic E-state index is 12.4. The SMILES string of the molecule is O=C(c1ccccc1)N(CCO)Cc1ccccc1. The molecule has 0 saturated heterocycles. The fraction of sp³-hybridized carbons (Fsp3) is 0.188. The molecule has 0 aliphatic rings. The molecule has 1 N–H and O–H groups in total. The number of carbonyl (C=O) groups is 1. The predicted octanol–water partition coefficient (Wildman–Crippen LogP) is 2.32. The van der Waals surface area contributed by atoms with Gasteiger partial charge in [-0.2, -0.15) is 0 Å². The van der Waals surface area contributed by atoms with Gasteiger partial charge < -0.3 is 10.0 Å². The molecule has 0 aliphatic heterocycles. The molecule has 0 atom stereocenters. The number of nitrogens with zero attached hydrogens (tertiary/aromatic N) is 1. The molecule has 0 aromatic heterocycles. The molecule has 2 rings (SSSR count). The Bertz CT molecular complexity index is 511. The van der Waals surface area contributed by atoms with Crippen LogP contribution in [0.5, 0.6) is 0 Å². The number of benzene rings is 2. The predicted molar refractivity (Wildman–Crippen MR) is 74.7 cm³/mol. The molecule has 0 saturated carbocycles. The normalized spacial score (nSPS) is 10.2. The summed E-state index contributed by atoms with van der Waals surface area (Å²) in [6.07, 6.45) is 0. The summed E-state index contributed by atoms with van der Waals surface area (Å²) < 4.78 is 0. The Morgan fingerprint density at radius 3 is 2.11 bits per heavy atom. The van der Waals surface area contributed by atoms with Crippen molar-refractivity contribution in [3.05, 3.63) is 71.8 Å². The van der Waals surface area contributed by atoms with Gasteiger partial charge in [0.05, 0.1) is 6.61 Å². The Labute approximate surface area is 113 Å². The van der Waals surface area contributed by atoms with Crippen molar-refractivity contribution in [2.45, 2.75) is 6.54 Å². The summed E-state index contributed by atoms with van der Waals surface area (Å²) in [5, 5.41) is 9.12. The summed E-state index contributed by atoms with van der Waals surface area (Å²) in [5.74, 6) is -0.0569. The molecule has 2 aromatic rings. The van der Waals surface area contributed by atoms with Crippen LogP contribution in [0.4, 0.5) is 0 Å². The first kappa shape index (κ1) is 13.3. The lowest BCUT2D eigenvalue weighted by atomic mass is 10.1. The van der Waals surface area contributed by atoms with E-state index in [1.807, 2.05) is 48.5 Å². The number of carbonyl (C=O) groups excluding carboxylic acids is 1. The Morgan fingerprint density at radius 2 is 1.53 bits per heavy atom. The fourth-order valence-electron chi connectivity index (χ4n) is 1.94. The van der Waals surface area contributed by atoms with Gasteiger partial charge in [0.2, 0.25) is 0 Å². The Hall–Kier alpha value is -2.13. The van der Waals surface area contributed by atoms with Gasteiger partial charge in [-0.05, 0) is 17.7 Å². The highest BCUT2D eigenvalue weighted by Gasteiger charge is 2.15. The van der Waals surface area contributed by atoms with Crippen molar-refractivity contribution in [3.63, 3.8) is 0 Å². The standard InChI is InChI=1S/C16H17NO2/c18-12-11-17(13-14-7-3-1-4-8-14)16(19)15-9-5-2-6-10-15/h1-10,18H,11-13H2. The molecule has 0 fully saturated rings. The average Bonchev–Trinajstić information content (AvgIpc) is 2.48. The van der Waals surface area contributed by atoms with Gasteiger partial charge in [-0.25, -0.2) is 0 Å². The van der Waals surface area contributed by atoms with Crippen LogP contribution >= 0.6 is 0 Å². The van der Waals surface area contributed by atoms with Crippen LogP contribution in [0.1, 0.15) is 15.9 Å². The number of rotatable bonds is 5. The maximum Gasteiger partial charge on any atom is 0.254 e. The van der Waals surface area contributed by atoms with Crippen LogP contribution in [-0.4, -0.2) is 29.1 Å². The molecule has 0 bridgehead atoms. The largest absolute Gasteiger partial charge is 0.395 e. The van der Waals surface area contributed by atoms with Crippen molar-refractivity contribution in [2.75, 3.05) is 13.2 Å². The van der Waals surface area contributed by atoms with Gasteiger partial charge in [0, 0.05) is 18.7 Å². The third-order valence-electron chi connectivity index (χ3n) is 2.89. The molecular weight excluding hydrogens is 238 g/mol. The zero-order chi connectivity index (χ0) is 13.5. The zero-order valence-electron chi connectivity index (χ0n) is 10.7. The summed E-state index contributed by atoms with van der Waals surface area (Å²) in [5.41, 5.74) is 1.70. The second-order valence-corrected chi connectivity index (χ2v) is 4.30. The molecule has 0 spiro atoms. The molecule has 0 heterocycles. The van der Waals surface area contributed by atoms with E-state index in [0.717, 1.165) is 5.56 Å². The summed E-state index contributed by atoms with van der Waals surface area (Å²) in [6.45, 7) is 0.809. The third kappa shape index (κ3) is 3.66. The van der Waals surface area contributed by atoms with Crippen LogP contribution < -0.4 is 0 Å². The molecule has 0 aliphatic carbocycles. The number of aliphatic hydroxyl groups excluding tert-OH is 1. The van der Waals surface area contributed by atoms with Crippen LogP contribution in [0.25, 0.3) is 0 Å². The van der Waals surface area contributed by atoms with E-state index in [1.165, 1.54) is 0 Å². The third-order valence-corrected chi connectivity index (χ3v) is 2.89. The van der Waals surface area contributed by atoms with Gasteiger partial charge in [-0.15, -0.1) is 0 Å². The first-order valence-corrected chi connectivity index (χ1v) is 6.30. The summed E-state index contributed by atoms with van der Waals surface area (Å²) in [4.78, 5) is 14.0. The maximum absolute atomic E-state index is 12.4. The van der Waals surface area contributed by atoms with Crippen LogP contribution in [0.3, 0.4) is 0 Å². The molecule has 2 aromatic carbocycles. The van der Waals surface area contributed by atoms with Crippen molar-refractivity contribution in [1.29, 1.82) is 0 Å². The lowest BCUT2D eigenvalue weighted by molar-refractivity contribution is 0.0708. The second-order valence-electron chi connectivity index (χ2n) is 4.30. The first-order valence-electron chi connectivity index (χ1n) is 6.30. The van der Waals surface area contributed by atoms with E-state index in [4.69, 9.17) is 5.11 Å². The van der Waals surface area contributed by atoms with Crippen LogP contribution in [0, 0.1) is 0 Å². The van der Waals surface area contributed by atoms with Gasteiger partial charge in [-0.1, -0.05) is 48.5 Å². The molecule has 0 radical (unpaired) electrons. The summed E-state index contributed by atoms with van der Waals surface area (Å²) >= 11 is 0. The quantitative estimate of drug-likeness (QED) is 0.890. The van der Waals surface area contributed by atoms with E-state index in [2.05, 4.69) is 0 Å². The van der Waals surface area contributed by atoms with Crippen molar-refractivity contribution in [3.8, 4) is 0 Å². The lowest BCUT2D eigenvalue weighted by Crippen LogP contribution is -2.33. The number of aliphatic hydroxyl groups is 1. The summed E-state index contributed by atoms with van der Waals surface area (Å²) in [7, 11) is 0. The summed E-state index contributed by atoms with van der Waals surface area (Å²) in [6, 6.07) is 18.9. The van der Waals surface area contributed by atoms with Crippen LogP contribution in [0.15, 0.2) is 60.7 Å². The average molecular weight is 255 g/mol. The highest BCUT2D eigenvalue weighted by atomic mass is 16.3. The molecule has 0 unspecified atom stereocenters. The topological polar surface area (TPSA) is 40.5 Å². The number of hydrogen-bond donors (Lipinski definition) is 1. The molecular formula is C16H17NO2. The minimum absolute atomic E-state index is 0.0363. The van der Waals surface area contributed by atoms with E-state index in [1.54, 1.807) is 17.0 Å². The van der Waals surface area contributed by atoms with E-state index in [9.17, 15) is 4.79 Å². The van der Waals surface area contributed by atoms with Crippen LogP contribution in [-0.2, 0) is 6.54 Å². The Morgan fingerprint density at radius 1 is 0.947 bits per heavy atom. The lowest BCUT2D eigenvalue weighted by Gasteiger charge is -2.22. The minimum atomic E-state index is -0.0569. The fourth-order valence-corrected chi connectivity index (χ4v) is 1.94.